The SMILES string of the molecule is CC(NCC(=O)N(C)C)c1cccc(C#N)c1. The molecule has 17 heavy (non-hydrogen) atoms. The van der Waals surface area contributed by atoms with E-state index in [1.165, 1.54) is 0 Å². The van der Waals surface area contributed by atoms with Crippen LogP contribution in [0.25, 0.3) is 0 Å². The summed E-state index contributed by atoms with van der Waals surface area (Å²) in [6, 6.07) is 9.54. The second kappa shape index (κ2) is 6.02. The molecule has 1 rings (SSSR count). The van der Waals surface area contributed by atoms with Crippen LogP contribution in [0.4, 0.5) is 0 Å². The molecule has 0 aliphatic heterocycles. The van der Waals surface area contributed by atoms with E-state index in [9.17, 15) is 4.79 Å². The first kappa shape index (κ1) is 13.2. The molecule has 1 unspecified atom stereocenters. The van der Waals surface area contributed by atoms with E-state index in [1.807, 2.05) is 25.1 Å². The van der Waals surface area contributed by atoms with Crippen molar-refractivity contribution >= 4 is 5.91 Å². The van der Waals surface area contributed by atoms with Crippen molar-refractivity contribution in [2.45, 2.75) is 13.0 Å². The maximum absolute atomic E-state index is 11.4. The molecule has 0 spiro atoms. The zero-order valence-electron chi connectivity index (χ0n) is 10.4. The molecular formula is C13H17N3O. The van der Waals surface area contributed by atoms with E-state index < -0.39 is 0 Å². The summed E-state index contributed by atoms with van der Waals surface area (Å²) in [7, 11) is 3.45. The van der Waals surface area contributed by atoms with Crippen molar-refractivity contribution in [3.8, 4) is 6.07 Å². The summed E-state index contributed by atoms with van der Waals surface area (Å²) in [5, 5.41) is 11.9. The zero-order chi connectivity index (χ0) is 12.8. The molecule has 4 heteroatoms. The van der Waals surface area contributed by atoms with Crippen LogP contribution in [0.2, 0.25) is 0 Å². The summed E-state index contributed by atoms with van der Waals surface area (Å²) in [5.74, 6) is 0.0355. The van der Waals surface area contributed by atoms with Crippen molar-refractivity contribution in [2.75, 3.05) is 20.6 Å². The Morgan fingerprint density at radius 1 is 1.53 bits per heavy atom. The van der Waals surface area contributed by atoms with Gasteiger partial charge in [-0.1, -0.05) is 12.1 Å². The predicted octanol–water partition coefficient (Wildman–Crippen LogP) is 1.30. The molecule has 1 N–H and O–H groups in total. The summed E-state index contributed by atoms with van der Waals surface area (Å²) in [5.41, 5.74) is 1.64. The van der Waals surface area contributed by atoms with Crippen LogP contribution in [0.5, 0.6) is 0 Å². The number of nitrogens with one attached hydrogen (secondary N) is 1. The minimum Gasteiger partial charge on any atom is -0.348 e. The van der Waals surface area contributed by atoms with Crippen molar-refractivity contribution in [3.05, 3.63) is 35.4 Å². The van der Waals surface area contributed by atoms with Gasteiger partial charge < -0.3 is 10.2 Å². The highest BCUT2D eigenvalue weighted by atomic mass is 16.2. The number of hydrogen-bond donors (Lipinski definition) is 1. The predicted molar refractivity (Wildman–Crippen MR) is 66.3 cm³/mol. The maximum Gasteiger partial charge on any atom is 0.236 e. The summed E-state index contributed by atoms with van der Waals surface area (Å²) >= 11 is 0. The molecule has 1 amide bonds. The molecule has 0 saturated heterocycles. The fraction of sp³-hybridized carbons (Fsp3) is 0.385. The molecule has 90 valence electrons. The Morgan fingerprint density at radius 2 is 2.24 bits per heavy atom. The number of rotatable bonds is 4. The van der Waals surface area contributed by atoms with Gasteiger partial charge in [-0.05, 0) is 24.6 Å². The highest BCUT2D eigenvalue weighted by molar-refractivity contribution is 5.77. The molecule has 0 aliphatic rings. The quantitative estimate of drug-likeness (QED) is 0.849. The number of hydrogen-bond acceptors (Lipinski definition) is 3. The molecule has 1 aromatic rings. The van der Waals surface area contributed by atoms with Gasteiger partial charge in [0, 0.05) is 20.1 Å². The largest absolute Gasteiger partial charge is 0.348 e. The Hall–Kier alpha value is -1.86. The lowest BCUT2D eigenvalue weighted by molar-refractivity contribution is -0.127. The third-order valence-corrected chi connectivity index (χ3v) is 2.57. The second-order valence-electron chi connectivity index (χ2n) is 4.13. The molecule has 0 heterocycles. The highest BCUT2D eigenvalue weighted by Crippen LogP contribution is 2.13. The number of amides is 1. The minimum atomic E-state index is 0.0355. The van der Waals surface area contributed by atoms with Crippen molar-refractivity contribution in [2.24, 2.45) is 0 Å². The fourth-order valence-electron chi connectivity index (χ4n) is 1.39. The maximum atomic E-state index is 11.4. The molecule has 0 aliphatic carbocycles. The van der Waals surface area contributed by atoms with Crippen LogP contribution in [-0.4, -0.2) is 31.4 Å². The molecule has 4 nitrogen and oxygen atoms in total. The molecule has 1 atom stereocenters. The van der Waals surface area contributed by atoms with Gasteiger partial charge >= 0.3 is 0 Å². The smallest absolute Gasteiger partial charge is 0.236 e. The van der Waals surface area contributed by atoms with Crippen LogP contribution < -0.4 is 5.32 Å². The van der Waals surface area contributed by atoms with Gasteiger partial charge in [-0.2, -0.15) is 5.26 Å². The van der Waals surface area contributed by atoms with Gasteiger partial charge in [0.2, 0.25) is 5.91 Å². The summed E-state index contributed by atoms with van der Waals surface area (Å²) in [6.45, 7) is 2.27. The van der Waals surface area contributed by atoms with Crippen molar-refractivity contribution in [1.82, 2.24) is 10.2 Å². The van der Waals surface area contributed by atoms with Gasteiger partial charge in [0.25, 0.3) is 0 Å². The van der Waals surface area contributed by atoms with Crippen molar-refractivity contribution in [1.29, 1.82) is 5.26 Å². The van der Waals surface area contributed by atoms with Crippen LogP contribution >= 0.6 is 0 Å². The zero-order valence-corrected chi connectivity index (χ0v) is 10.4. The Bertz CT molecular complexity index is 435. The lowest BCUT2D eigenvalue weighted by atomic mass is 10.1. The van der Waals surface area contributed by atoms with E-state index in [2.05, 4.69) is 11.4 Å². The number of carbonyl (C=O) groups excluding carboxylic acids is 1. The van der Waals surface area contributed by atoms with Crippen LogP contribution in [0.15, 0.2) is 24.3 Å². The van der Waals surface area contributed by atoms with Crippen LogP contribution in [0.3, 0.4) is 0 Å². The molecule has 1 aromatic carbocycles. The van der Waals surface area contributed by atoms with Crippen molar-refractivity contribution in [3.63, 3.8) is 0 Å². The van der Waals surface area contributed by atoms with E-state index in [1.54, 1.807) is 25.1 Å². The van der Waals surface area contributed by atoms with E-state index in [4.69, 9.17) is 5.26 Å². The minimum absolute atomic E-state index is 0.0355. The molecule has 0 aromatic heterocycles. The Labute approximate surface area is 102 Å². The first-order chi connectivity index (χ1) is 8.04. The average Bonchev–Trinajstić information content (AvgIpc) is 2.35. The van der Waals surface area contributed by atoms with Gasteiger partial charge in [0.15, 0.2) is 0 Å². The van der Waals surface area contributed by atoms with Crippen LogP contribution in [-0.2, 0) is 4.79 Å². The number of nitriles is 1. The lowest BCUT2D eigenvalue weighted by Crippen LogP contribution is -2.34. The summed E-state index contributed by atoms with van der Waals surface area (Å²) < 4.78 is 0. The Morgan fingerprint density at radius 3 is 2.82 bits per heavy atom. The van der Waals surface area contributed by atoms with Gasteiger partial charge in [0.05, 0.1) is 18.2 Å². The first-order valence-electron chi connectivity index (χ1n) is 5.48. The first-order valence-corrected chi connectivity index (χ1v) is 5.48. The molecule has 0 bridgehead atoms. The van der Waals surface area contributed by atoms with E-state index in [0.29, 0.717) is 12.1 Å². The third-order valence-electron chi connectivity index (χ3n) is 2.57. The van der Waals surface area contributed by atoms with Crippen LogP contribution in [0.1, 0.15) is 24.1 Å². The standard InChI is InChI=1S/C13H17N3O/c1-10(15-9-13(17)16(2)3)12-6-4-5-11(7-12)8-14/h4-7,10,15H,9H2,1-3H3. The second-order valence-corrected chi connectivity index (χ2v) is 4.13. The monoisotopic (exact) mass is 231 g/mol. The van der Waals surface area contributed by atoms with Crippen molar-refractivity contribution < 1.29 is 4.79 Å². The Kier molecular flexibility index (Phi) is 4.68. The van der Waals surface area contributed by atoms with Gasteiger partial charge in [0.1, 0.15) is 0 Å². The van der Waals surface area contributed by atoms with E-state index in [-0.39, 0.29) is 11.9 Å². The van der Waals surface area contributed by atoms with Gasteiger partial charge in [-0.3, -0.25) is 4.79 Å². The third kappa shape index (κ3) is 3.89. The Balaban J connectivity index is 2.61. The highest BCUT2D eigenvalue weighted by Gasteiger charge is 2.09. The fourth-order valence-corrected chi connectivity index (χ4v) is 1.39. The molecule has 0 saturated carbocycles. The lowest BCUT2D eigenvalue weighted by Gasteiger charge is -2.16. The number of likely N-dealkylation sites (N-methyl/N-ethyl adjacent to an activating group) is 1. The van der Waals surface area contributed by atoms with E-state index in [0.717, 1.165) is 5.56 Å². The van der Waals surface area contributed by atoms with Gasteiger partial charge in [-0.15, -0.1) is 0 Å². The normalized spacial score (nSPS) is 11.6. The summed E-state index contributed by atoms with van der Waals surface area (Å²) in [4.78, 5) is 13.0. The molecule has 0 fully saturated rings. The molecule has 0 radical (unpaired) electrons. The number of benzene rings is 1. The number of carbonyl (C=O) groups is 1. The topological polar surface area (TPSA) is 56.1 Å². The molecular weight excluding hydrogens is 214 g/mol. The summed E-state index contributed by atoms with van der Waals surface area (Å²) in [6.07, 6.45) is 0. The average molecular weight is 231 g/mol. The van der Waals surface area contributed by atoms with E-state index >= 15 is 0 Å². The number of nitrogens with zero attached hydrogens (tertiary/aromatic N) is 2. The van der Waals surface area contributed by atoms with Gasteiger partial charge in [-0.25, -0.2) is 0 Å². The van der Waals surface area contributed by atoms with Crippen LogP contribution in [0, 0.1) is 11.3 Å².